The van der Waals surface area contributed by atoms with Crippen LogP contribution in [0, 0.1) is 5.92 Å². The Kier molecular flexibility index (Phi) is 4.52. The van der Waals surface area contributed by atoms with Crippen LogP contribution in [0.25, 0.3) is 0 Å². The number of unbranched alkanes of at least 4 members (excludes halogenated alkanes) is 1. The first-order valence-electron chi connectivity index (χ1n) is 3.78. The number of rotatable bonds is 4. The molecule has 0 amide bonds. The lowest BCUT2D eigenvalue weighted by atomic mass is 10.0. The normalized spacial score (nSPS) is 17.5. The second kappa shape index (κ2) is 4.64. The van der Waals surface area contributed by atoms with Crippen LogP contribution in [0.2, 0.25) is 0 Å². The Bertz CT molecular complexity index is 121. The van der Waals surface area contributed by atoms with E-state index in [1.54, 1.807) is 6.92 Å². The lowest BCUT2D eigenvalue weighted by Crippen LogP contribution is -2.31. The van der Waals surface area contributed by atoms with E-state index in [9.17, 15) is 17.6 Å². The average Bonchev–Trinajstić information content (AvgIpc) is 1.84. The van der Waals surface area contributed by atoms with Gasteiger partial charge in [0.2, 0.25) is 6.36 Å². The molecular weight excluding hydrogens is 176 g/mol. The lowest BCUT2D eigenvalue weighted by Gasteiger charge is -2.19. The molecule has 2 atom stereocenters. The Morgan fingerprint density at radius 1 is 1.33 bits per heavy atom. The van der Waals surface area contributed by atoms with Gasteiger partial charge in [0.1, 0.15) is 5.92 Å². The third kappa shape index (κ3) is 3.90. The summed E-state index contributed by atoms with van der Waals surface area (Å²) < 4.78 is 47.7. The van der Waals surface area contributed by atoms with E-state index in [0.717, 1.165) is 0 Å². The molecule has 0 spiro atoms. The minimum absolute atomic E-state index is 0.269. The van der Waals surface area contributed by atoms with Gasteiger partial charge in [0.25, 0.3) is 0 Å². The summed E-state index contributed by atoms with van der Waals surface area (Å²) in [6.45, 7) is 1.71. The Morgan fingerprint density at radius 2 is 1.83 bits per heavy atom. The Morgan fingerprint density at radius 3 is 2.08 bits per heavy atom. The van der Waals surface area contributed by atoms with Gasteiger partial charge in [0, 0.05) is 0 Å². The molecule has 5 heteroatoms. The smallest absolute Gasteiger partial charge is 0.364 e. The Balaban J connectivity index is 4.05. The van der Waals surface area contributed by atoms with Gasteiger partial charge in [-0.3, -0.25) is 0 Å². The quantitative estimate of drug-likeness (QED) is 0.672. The predicted molar refractivity (Wildman–Crippen MR) is 36.2 cm³/mol. The molecule has 0 aromatic heterocycles. The van der Waals surface area contributed by atoms with Crippen LogP contribution in [0.15, 0.2) is 0 Å². The molecule has 0 aliphatic heterocycles. The summed E-state index contributed by atoms with van der Waals surface area (Å²) in [7, 11) is 0. The molecule has 2 unspecified atom stereocenters. The zero-order valence-corrected chi connectivity index (χ0v) is 6.74. The first-order valence-corrected chi connectivity index (χ1v) is 3.78. The fourth-order valence-corrected chi connectivity index (χ4v) is 0.881. The molecule has 12 heavy (non-hydrogen) atoms. The average molecular weight is 188 g/mol. The number of halogens is 4. The third-order valence-corrected chi connectivity index (χ3v) is 1.62. The summed E-state index contributed by atoms with van der Waals surface area (Å²) >= 11 is 0. The van der Waals surface area contributed by atoms with Crippen molar-refractivity contribution in [2.24, 2.45) is 5.92 Å². The van der Waals surface area contributed by atoms with E-state index in [2.05, 4.69) is 0 Å². The molecule has 0 fully saturated rings. The van der Waals surface area contributed by atoms with Crippen LogP contribution >= 0.6 is 0 Å². The van der Waals surface area contributed by atoms with Crippen LogP contribution in [-0.2, 0) is 0 Å². The molecule has 0 aliphatic rings. The van der Waals surface area contributed by atoms with E-state index in [1.807, 2.05) is 0 Å². The monoisotopic (exact) mass is 188 g/mol. The van der Waals surface area contributed by atoms with E-state index in [-0.39, 0.29) is 12.8 Å². The summed E-state index contributed by atoms with van der Waals surface area (Å²) in [5, 5.41) is 8.19. The molecule has 0 radical (unpaired) electrons. The van der Waals surface area contributed by atoms with E-state index in [4.69, 9.17) is 5.11 Å². The van der Waals surface area contributed by atoms with Gasteiger partial charge in [-0.25, -0.2) is 4.39 Å². The second-order valence-corrected chi connectivity index (χ2v) is 2.66. The number of hydrogen-bond acceptors (Lipinski definition) is 1. The molecule has 0 saturated heterocycles. The number of aliphatic hydroxyl groups is 1. The molecule has 0 heterocycles. The van der Waals surface area contributed by atoms with Crippen molar-refractivity contribution >= 4 is 0 Å². The summed E-state index contributed by atoms with van der Waals surface area (Å²) in [6, 6.07) is 0. The van der Waals surface area contributed by atoms with Crippen molar-refractivity contribution in [3.63, 3.8) is 0 Å². The van der Waals surface area contributed by atoms with E-state index < -0.39 is 18.5 Å². The fraction of sp³-hybridized carbons (Fsp3) is 1.00. The van der Waals surface area contributed by atoms with Crippen LogP contribution in [-0.4, -0.2) is 17.6 Å². The SMILES string of the molecule is CCCCC(C(O)F)C(F)(F)F. The van der Waals surface area contributed by atoms with Crippen LogP contribution in [0.4, 0.5) is 17.6 Å². The van der Waals surface area contributed by atoms with Crippen molar-refractivity contribution in [2.45, 2.75) is 38.7 Å². The van der Waals surface area contributed by atoms with E-state index >= 15 is 0 Å². The summed E-state index contributed by atoms with van der Waals surface area (Å²) in [5.74, 6) is -2.22. The van der Waals surface area contributed by atoms with Crippen molar-refractivity contribution in [2.75, 3.05) is 0 Å². The largest absolute Gasteiger partial charge is 0.396 e. The van der Waals surface area contributed by atoms with Crippen molar-refractivity contribution in [1.29, 1.82) is 0 Å². The number of hydrogen-bond donors (Lipinski definition) is 1. The van der Waals surface area contributed by atoms with E-state index in [1.165, 1.54) is 0 Å². The maximum Gasteiger partial charge on any atom is 0.396 e. The van der Waals surface area contributed by atoms with Gasteiger partial charge in [0.15, 0.2) is 0 Å². The molecule has 74 valence electrons. The molecule has 0 bridgehead atoms. The second-order valence-electron chi connectivity index (χ2n) is 2.66. The van der Waals surface area contributed by atoms with Crippen LogP contribution in [0.5, 0.6) is 0 Å². The van der Waals surface area contributed by atoms with Crippen LogP contribution in [0.3, 0.4) is 0 Å². The van der Waals surface area contributed by atoms with Gasteiger partial charge in [-0.2, -0.15) is 13.2 Å². The minimum Gasteiger partial charge on any atom is -0.364 e. The maximum atomic E-state index is 12.0. The van der Waals surface area contributed by atoms with Crippen LogP contribution in [0.1, 0.15) is 26.2 Å². The van der Waals surface area contributed by atoms with Gasteiger partial charge < -0.3 is 5.11 Å². The van der Waals surface area contributed by atoms with Crippen LogP contribution < -0.4 is 0 Å². The lowest BCUT2D eigenvalue weighted by molar-refractivity contribution is -0.222. The highest BCUT2D eigenvalue weighted by Gasteiger charge is 2.43. The zero-order chi connectivity index (χ0) is 9.78. The van der Waals surface area contributed by atoms with Crippen molar-refractivity contribution in [3.05, 3.63) is 0 Å². The summed E-state index contributed by atoms with van der Waals surface area (Å²) in [5.41, 5.74) is 0. The van der Waals surface area contributed by atoms with Crippen molar-refractivity contribution in [3.8, 4) is 0 Å². The summed E-state index contributed by atoms with van der Waals surface area (Å²) in [6.07, 6.45) is -6.96. The zero-order valence-electron chi connectivity index (χ0n) is 6.74. The Labute approximate surface area is 68.4 Å². The number of aliphatic hydroxyl groups excluding tert-OH is 1. The predicted octanol–water partition coefficient (Wildman–Crippen LogP) is 2.64. The highest BCUT2D eigenvalue weighted by atomic mass is 19.4. The first-order chi connectivity index (χ1) is 5.39. The van der Waals surface area contributed by atoms with Gasteiger partial charge in [0.05, 0.1) is 0 Å². The molecule has 0 aliphatic carbocycles. The van der Waals surface area contributed by atoms with Gasteiger partial charge in [-0.15, -0.1) is 0 Å². The number of alkyl halides is 4. The summed E-state index contributed by atoms with van der Waals surface area (Å²) in [4.78, 5) is 0. The molecule has 0 rings (SSSR count). The molecule has 1 N–H and O–H groups in total. The minimum atomic E-state index is -4.64. The molecular formula is C7H12F4O. The van der Waals surface area contributed by atoms with Gasteiger partial charge in [-0.05, 0) is 6.42 Å². The van der Waals surface area contributed by atoms with Gasteiger partial charge >= 0.3 is 6.18 Å². The fourth-order valence-electron chi connectivity index (χ4n) is 0.881. The van der Waals surface area contributed by atoms with E-state index in [0.29, 0.717) is 6.42 Å². The maximum absolute atomic E-state index is 12.0. The molecule has 1 nitrogen and oxygen atoms in total. The molecule has 0 aromatic rings. The third-order valence-electron chi connectivity index (χ3n) is 1.62. The molecule has 0 aromatic carbocycles. The first kappa shape index (κ1) is 11.7. The molecule has 0 saturated carbocycles. The highest BCUT2D eigenvalue weighted by molar-refractivity contribution is 4.69. The Hall–Kier alpha value is -0.320. The van der Waals surface area contributed by atoms with Crippen molar-refractivity contribution in [1.82, 2.24) is 0 Å². The topological polar surface area (TPSA) is 20.2 Å². The highest BCUT2D eigenvalue weighted by Crippen LogP contribution is 2.33. The van der Waals surface area contributed by atoms with Crippen molar-refractivity contribution < 1.29 is 22.7 Å². The van der Waals surface area contributed by atoms with Gasteiger partial charge in [-0.1, -0.05) is 19.8 Å². The standard InChI is InChI=1S/C7H12F4O/c1-2-3-4-5(6(8)12)7(9,10)11/h5-6,12H,2-4H2,1H3.